The van der Waals surface area contributed by atoms with E-state index in [2.05, 4.69) is 30.7 Å². The Labute approximate surface area is 81.2 Å². The highest BCUT2D eigenvalue weighted by Crippen LogP contribution is 2.10. The zero-order chi connectivity index (χ0) is 9.84. The van der Waals surface area contributed by atoms with E-state index in [0.29, 0.717) is 6.04 Å². The topological polar surface area (TPSA) is 30.3 Å². The van der Waals surface area contributed by atoms with Crippen molar-refractivity contribution in [3.8, 4) is 0 Å². The van der Waals surface area contributed by atoms with E-state index in [1.54, 1.807) is 0 Å². The summed E-state index contributed by atoms with van der Waals surface area (Å²) in [4.78, 5) is 4.57. The van der Waals surface area contributed by atoms with Crippen LogP contribution >= 0.6 is 0 Å². The maximum Gasteiger partial charge on any atom is 0.0960 e. The summed E-state index contributed by atoms with van der Waals surface area (Å²) in [5.41, 5.74) is 0. The van der Waals surface area contributed by atoms with Gasteiger partial charge >= 0.3 is 0 Å². The molecule has 1 unspecified atom stereocenters. The number of rotatable bonds is 2. The molecule has 13 heavy (non-hydrogen) atoms. The largest absolute Gasteiger partial charge is 0.355 e. The van der Waals surface area contributed by atoms with Crippen LogP contribution in [0.1, 0.15) is 26.7 Å². The molecule has 1 aliphatic rings. The molecule has 1 fully saturated rings. The number of hydrogen-bond acceptors (Lipinski definition) is 2. The molecule has 3 heteroatoms. The first-order chi connectivity index (χ1) is 6.15. The van der Waals surface area contributed by atoms with Gasteiger partial charge in [-0.3, -0.25) is 5.41 Å². The molecule has 3 nitrogen and oxygen atoms in total. The third-order valence-electron chi connectivity index (χ3n) is 2.66. The van der Waals surface area contributed by atoms with Crippen molar-refractivity contribution in [3.63, 3.8) is 0 Å². The zero-order valence-electron chi connectivity index (χ0n) is 9.01. The van der Waals surface area contributed by atoms with E-state index in [9.17, 15) is 0 Å². The molecule has 0 saturated carbocycles. The lowest BCUT2D eigenvalue weighted by atomic mass is 10.1. The van der Waals surface area contributed by atoms with Gasteiger partial charge in [-0.25, -0.2) is 0 Å². The fourth-order valence-electron chi connectivity index (χ4n) is 1.92. The van der Waals surface area contributed by atoms with Gasteiger partial charge in [0.05, 0.1) is 5.84 Å². The Balaban J connectivity index is 2.45. The maximum atomic E-state index is 7.89. The second kappa shape index (κ2) is 4.61. The van der Waals surface area contributed by atoms with Crippen LogP contribution < -0.4 is 0 Å². The summed E-state index contributed by atoms with van der Waals surface area (Å²) in [6, 6.07) is 0.512. The van der Waals surface area contributed by atoms with Crippen LogP contribution in [0.4, 0.5) is 0 Å². The van der Waals surface area contributed by atoms with E-state index in [1.807, 2.05) is 0 Å². The molecule has 1 saturated heterocycles. The maximum absolute atomic E-state index is 7.89. The van der Waals surface area contributed by atoms with Crippen molar-refractivity contribution < 1.29 is 0 Å². The smallest absolute Gasteiger partial charge is 0.0960 e. The van der Waals surface area contributed by atoms with Crippen LogP contribution in [0.2, 0.25) is 0 Å². The SMILES string of the molecule is CCCC(=N)N1CCN(C)CC1C. The van der Waals surface area contributed by atoms with E-state index in [1.165, 1.54) is 0 Å². The fraction of sp³-hybridized carbons (Fsp3) is 0.900. The Morgan fingerprint density at radius 3 is 2.69 bits per heavy atom. The molecular weight excluding hydrogens is 162 g/mol. The van der Waals surface area contributed by atoms with Crippen molar-refractivity contribution in [2.24, 2.45) is 0 Å². The molecule has 1 aliphatic heterocycles. The van der Waals surface area contributed by atoms with E-state index in [-0.39, 0.29) is 0 Å². The number of nitrogens with one attached hydrogen (secondary N) is 1. The van der Waals surface area contributed by atoms with E-state index in [4.69, 9.17) is 5.41 Å². The van der Waals surface area contributed by atoms with Crippen LogP contribution in [0.15, 0.2) is 0 Å². The second-order valence-electron chi connectivity index (χ2n) is 4.00. The molecule has 0 aromatic rings. The summed E-state index contributed by atoms with van der Waals surface area (Å²) in [5, 5.41) is 7.89. The lowest BCUT2D eigenvalue weighted by molar-refractivity contribution is 0.158. The van der Waals surface area contributed by atoms with Crippen LogP contribution in [0.5, 0.6) is 0 Å². The predicted molar refractivity (Wildman–Crippen MR) is 56.3 cm³/mol. The molecule has 0 aromatic heterocycles. The van der Waals surface area contributed by atoms with Crippen molar-refractivity contribution in [2.45, 2.75) is 32.7 Å². The van der Waals surface area contributed by atoms with Gasteiger partial charge in [0.2, 0.25) is 0 Å². The van der Waals surface area contributed by atoms with Crippen molar-refractivity contribution in [1.29, 1.82) is 5.41 Å². The first-order valence-corrected chi connectivity index (χ1v) is 5.17. The Morgan fingerprint density at radius 2 is 2.15 bits per heavy atom. The monoisotopic (exact) mass is 183 g/mol. The molecule has 0 aromatic carbocycles. The van der Waals surface area contributed by atoms with Crippen LogP contribution in [0.25, 0.3) is 0 Å². The van der Waals surface area contributed by atoms with Gasteiger partial charge in [0.1, 0.15) is 0 Å². The summed E-state index contributed by atoms with van der Waals surface area (Å²) in [5.74, 6) is 0.822. The molecule has 1 rings (SSSR count). The Kier molecular flexibility index (Phi) is 3.72. The summed E-state index contributed by atoms with van der Waals surface area (Å²) >= 11 is 0. The Hall–Kier alpha value is -0.570. The minimum Gasteiger partial charge on any atom is -0.355 e. The van der Waals surface area contributed by atoms with E-state index in [0.717, 1.165) is 38.3 Å². The summed E-state index contributed by atoms with van der Waals surface area (Å²) in [6.45, 7) is 7.55. The average molecular weight is 183 g/mol. The van der Waals surface area contributed by atoms with Gasteiger partial charge < -0.3 is 9.80 Å². The third kappa shape index (κ3) is 2.69. The van der Waals surface area contributed by atoms with Crippen molar-refractivity contribution in [3.05, 3.63) is 0 Å². The molecule has 0 amide bonds. The lowest BCUT2D eigenvalue weighted by Crippen LogP contribution is -2.52. The van der Waals surface area contributed by atoms with E-state index < -0.39 is 0 Å². The second-order valence-corrected chi connectivity index (χ2v) is 4.00. The molecule has 0 bridgehead atoms. The van der Waals surface area contributed by atoms with Gasteiger partial charge in [0.15, 0.2) is 0 Å². The van der Waals surface area contributed by atoms with Crippen molar-refractivity contribution in [2.75, 3.05) is 26.7 Å². The quantitative estimate of drug-likeness (QED) is 0.518. The van der Waals surface area contributed by atoms with Crippen molar-refractivity contribution in [1.82, 2.24) is 9.80 Å². The highest BCUT2D eigenvalue weighted by atomic mass is 15.3. The number of likely N-dealkylation sites (N-methyl/N-ethyl adjacent to an activating group) is 1. The predicted octanol–water partition coefficient (Wildman–Crippen LogP) is 1.40. The van der Waals surface area contributed by atoms with Gasteiger partial charge in [-0.2, -0.15) is 0 Å². The average Bonchev–Trinajstić information content (AvgIpc) is 2.04. The number of hydrogen-bond donors (Lipinski definition) is 1. The van der Waals surface area contributed by atoms with Gasteiger partial charge in [-0.15, -0.1) is 0 Å². The van der Waals surface area contributed by atoms with Gasteiger partial charge in [-0.1, -0.05) is 6.92 Å². The van der Waals surface area contributed by atoms with Crippen LogP contribution in [0, 0.1) is 5.41 Å². The molecular formula is C10H21N3. The highest BCUT2D eigenvalue weighted by molar-refractivity contribution is 5.79. The van der Waals surface area contributed by atoms with E-state index >= 15 is 0 Å². The first kappa shape index (κ1) is 10.5. The highest BCUT2D eigenvalue weighted by Gasteiger charge is 2.22. The van der Waals surface area contributed by atoms with Gasteiger partial charge in [0.25, 0.3) is 0 Å². The minimum atomic E-state index is 0.512. The molecule has 0 aliphatic carbocycles. The van der Waals surface area contributed by atoms with Crippen LogP contribution in [-0.2, 0) is 0 Å². The number of amidine groups is 1. The first-order valence-electron chi connectivity index (χ1n) is 5.17. The summed E-state index contributed by atoms with van der Waals surface area (Å²) < 4.78 is 0. The number of piperazine rings is 1. The minimum absolute atomic E-state index is 0.512. The molecule has 76 valence electrons. The lowest BCUT2D eigenvalue weighted by Gasteiger charge is -2.39. The Bertz CT molecular complexity index is 179. The van der Waals surface area contributed by atoms with Crippen molar-refractivity contribution >= 4 is 5.84 Å². The standard InChI is InChI=1S/C10H21N3/c1-4-5-10(11)13-7-6-12(3)8-9(13)2/h9,11H,4-8H2,1-3H3. The zero-order valence-corrected chi connectivity index (χ0v) is 9.01. The molecule has 1 atom stereocenters. The Morgan fingerprint density at radius 1 is 1.46 bits per heavy atom. The van der Waals surface area contributed by atoms with Gasteiger partial charge in [0, 0.05) is 32.1 Å². The molecule has 0 radical (unpaired) electrons. The molecule has 1 heterocycles. The molecule has 1 N–H and O–H groups in total. The molecule has 0 spiro atoms. The third-order valence-corrected chi connectivity index (χ3v) is 2.66. The summed E-state index contributed by atoms with van der Waals surface area (Å²) in [7, 11) is 2.15. The summed E-state index contributed by atoms with van der Waals surface area (Å²) in [6.07, 6.45) is 2.01. The van der Waals surface area contributed by atoms with Gasteiger partial charge in [-0.05, 0) is 20.4 Å². The number of nitrogens with zero attached hydrogens (tertiary/aromatic N) is 2. The fourth-order valence-corrected chi connectivity index (χ4v) is 1.92. The van der Waals surface area contributed by atoms with Crippen LogP contribution in [0.3, 0.4) is 0 Å². The normalized spacial score (nSPS) is 24.8. The van der Waals surface area contributed by atoms with Crippen LogP contribution in [-0.4, -0.2) is 48.4 Å².